The third-order valence-electron chi connectivity index (χ3n) is 4.47. The number of urea groups is 1. The first-order valence-electron chi connectivity index (χ1n) is 8.54. The lowest BCUT2D eigenvalue weighted by Gasteiger charge is -2.35. The van der Waals surface area contributed by atoms with E-state index in [0.29, 0.717) is 32.6 Å². The summed E-state index contributed by atoms with van der Waals surface area (Å²) in [6.45, 7) is 6.27. The molecule has 3 amide bonds. The minimum atomic E-state index is -0.123. The highest BCUT2D eigenvalue weighted by Gasteiger charge is 2.33. The molecule has 24 heavy (non-hydrogen) atoms. The Kier molecular flexibility index (Phi) is 5.04. The molecule has 2 aliphatic rings. The predicted octanol–water partition coefficient (Wildman–Crippen LogP) is 1.61. The molecule has 1 aromatic carbocycles. The molecular formula is C18H25N3O3. The largest absolute Gasteiger partial charge is 0.372 e. The summed E-state index contributed by atoms with van der Waals surface area (Å²) < 4.78 is 5.65. The average Bonchev–Trinajstić information content (AvgIpc) is 2.87. The van der Waals surface area contributed by atoms with Gasteiger partial charge in [-0.2, -0.15) is 0 Å². The molecule has 0 spiro atoms. The fourth-order valence-electron chi connectivity index (χ4n) is 3.44. The minimum absolute atomic E-state index is 0.0410. The third-order valence-corrected chi connectivity index (χ3v) is 4.47. The fraction of sp³-hybridized carbons (Fsp3) is 0.556. The first kappa shape index (κ1) is 16.8. The van der Waals surface area contributed by atoms with Gasteiger partial charge in [-0.1, -0.05) is 30.3 Å². The fourth-order valence-corrected chi connectivity index (χ4v) is 3.44. The summed E-state index contributed by atoms with van der Waals surface area (Å²) >= 11 is 0. The molecule has 3 unspecified atom stereocenters. The van der Waals surface area contributed by atoms with Gasteiger partial charge in [0.2, 0.25) is 5.91 Å². The Labute approximate surface area is 142 Å². The van der Waals surface area contributed by atoms with Crippen LogP contribution in [0.1, 0.15) is 25.8 Å². The van der Waals surface area contributed by atoms with E-state index in [1.807, 2.05) is 49.1 Å². The van der Waals surface area contributed by atoms with E-state index in [9.17, 15) is 9.59 Å². The third kappa shape index (κ3) is 4.06. The number of amides is 3. The lowest BCUT2D eigenvalue weighted by Crippen LogP contribution is -2.53. The first-order chi connectivity index (χ1) is 11.5. The Morgan fingerprint density at radius 3 is 2.50 bits per heavy atom. The Hall–Kier alpha value is -2.08. The van der Waals surface area contributed by atoms with Gasteiger partial charge in [-0.25, -0.2) is 4.79 Å². The number of hydrogen-bond donors (Lipinski definition) is 1. The molecule has 6 heteroatoms. The van der Waals surface area contributed by atoms with Crippen molar-refractivity contribution in [3.05, 3.63) is 35.9 Å². The standard InChI is InChI=1S/C18H25N3O3/c1-13-9-21(10-14(2)24-13)18(23)19-16-8-17(22)20(12-16)11-15-6-4-3-5-7-15/h3-7,13-14,16H,8-12H2,1-2H3,(H,19,23). The molecule has 0 aliphatic carbocycles. The van der Waals surface area contributed by atoms with E-state index in [2.05, 4.69) is 5.32 Å². The van der Waals surface area contributed by atoms with E-state index in [1.54, 1.807) is 4.90 Å². The lowest BCUT2D eigenvalue weighted by molar-refractivity contribution is -0.128. The van der Waals surface area contributed by atoms with Crippen LogP contribution in [0.25, 0.3) is 0 Å². The van der Waals surface area contributed by atoms with Crippen LogP contribution in [0.3, 0.4) is 0 Å². The highest BCUT2D eigenvalue weighted by Crippen LogP contribution is 2.16. The van der Waals surface area contributed by atoms with Gasteiger partial charge in [0.05, 0.1) is 18.2 Å². The van der Waals surface area contributed by atoms with Gasteiger partial charge in [0.15, 0.2) is 0 Å². The van der Waals surface area contributed by atoms with Crippen LogP contribution in [0.2, 0.25) is 0 Å². The van der Waals surface area contributed by atoms with E-state index < -0.39 is 0 Å². The van der Waals surface area contributed by atoms with Crippen LogP contribution in [0, 0.1) is 0 Å². The van der Waals surface area contributed by atoms with Crippen molar-refractivity contribution in [3.8, 4) is 0 Å². The number of nitrogens with zero attached hydrogens (tertiary/aromatic N) is 2. The Morgan fingerprint density at radius 2 is 1.83 bits per heavy atom. The highest BCUT2D eigenvalue weighted by atomic mass is 16.5. The summed E-state index contributed by atoms with van der Waals surface area (Å²) in [6.07, 6.45) is 0.451. The maximum atomic E-state index is 12.4. The van der Waals surface area contributed by atoms with Crippen molar-refractivity contribution < 1.29 is 14.3 Å². The maximum Gasteiger partial charge on any atom is 0.317 e. The number of carbonyl (C=O) groups excluding carboxylic acids is 2. The van der Waals surface area contributed by atoms with Crippen LogP contribution in [-0.4, -0.2) is 59.6 Å². The number of rotatable bonds is 3. The van der Waals surface area contributed by atoms with Crippen molar-refractivity contribution in [2.75, 3.05) is 19.6 Å². The molecule has 2 aliphatic heterocycles. The Morgan fingerprint density at radius 1 is 1.17 bits per heavy atom. The Balaban J connectivity index is 1.53. The number of hydrogen-bond acceptors (Lipinski definition) is 3. The molecule has 0 radical (unpaired) electrons. The second kappa shape index (κ2) is 7.21. The van der Waals surface area contributed by atoms with Gasteiger partial charge in [0.1, 0.15) is 0 Å². The van der Waals surface area contributed by atoms with E-state index in [1.165, 1.54) is 0 Å². The molecule has 0 saturated carbocycles. The molecular weight excluding hydrogens is 306 g/mol. The van der Waals surface area contributed by atoms with Crippen LogP contribution in [0.4, 0.5) is 4.79 Å². The monoisotopic (exact) mass is 331 g/mol. The van der Waals surface area contributed by atoms with Crippen molar-refractivity contribution in [3.63, 3.8) is 0 Å². The summed E-state index contributed by atoms with van der Waals surface area (Å²) in [7, 11) is 0. The van der Waals surface area contributed by atoms with E-state index in [-0.39, 0.29) is 30.2 Å². The highest BCUT2D eigenvalue weighted by molar-refractivity contribution is 5.81. The zero-order valence-electron chi connectivity index (χ0n) is 14.3. The van der Waals surface area contributed by atoms with Crippen LogP contribution >= 0.6 is 0 Å². The van der Waals surface area contributed by atoms with Gasteiger partial charge in [0, 0.05) is 32.6 Å². The summed E-state index contributed by atoms with van der Waals surface area (Å²) in [6, 6.07) is 9.69. The molecule has 2 saturated heterocycles. The van der Waals surface area contributed by atoms with Crippen LogP contribution in [0.5, 0.6) is 0 Å². The summed E-state index contributed by atoms with van der Waals surface area (Å²) in [5.41, 5.74) is 1.11. The van der Waals surface area contributed by atoms with Gasteiger partial charge in [-0.3, -0.25) is 4.79 Å². The normalized spacial score (nSPS) is 27.4. The smallest absolute Gasteiger partial charge is 0.317 e. The van der Waals surface area contributed by atoms with Crippen LogP contribution < -0.4 is 5.32 Å². The van der Waals surface area contributed by atoms with Gasteiger partial charge >= 0.3 is 6.03 Å². The molecule has 2 heterocycles. The maximum absolute atomic E-state index is 12.4. The zero-order valence-corrected chi connectivity index (χ0v) is 14.3. The van der Waals surface area contributed by atoms with Gasteiger partial charge < -0.3 is 19.9 Å². The summed E-state index contributed by atoms with van der Waals surface area (Å²) in [5.74, 6) is 0.0906. The number of carbonyl (C=O) groups is 2. The molecule has 3 atom stereocenters. The van der Waals surface area contributed by atoms with Crippen molar-refractivity contribution in [2.45, 2.75) is 45.1 Å². The topological polar surface area (TPSA) is 61.9 Å². The average molecular weight is 331 g/mol. The van der Waals surface area contributed by atoms with Crippen molar-refractivity contribution in [1.82, 2.24) is 15.1 Å². The van der Waals surface area contributed by atoms with E-state index >= 15 is 0 Å². The SMILES string of the molecule is CC1CN(C(=O)NC2CC(=O)N(Cc3ccccc3)C2)CC(C)O1. The molecule has 3 rings (SSSR count). The lowest BCUT2D eigenvalue weighted by atomic mass is 10.2. The summed E-state index contributed by atoms with van der Waals surface area (Å²) in [4.78, 5) is 28.2. The molecule has 0 bridgehead atoms. The molecule has 1 aromatic rings. The molecule has 6 nitrogen and oxygen atoms in total. The van der Waals surface area contributed by atoms with Gasteiger partial charge in [-0.15, -0.1) is 0 Å². The first-order valence-corrected chi connectivity index (χ1v) is 8.54. The number of nitrogens with one attached hydrogen (secondary N) is 1. The minimum Gasteiger partial charge on any atom is -0.372 e. The second-order valence-corrected chi connectivity index (χ2v) is 6.77. The Bertz CT molecular complexity index is 582. The number of likely N-dealkylation sites (tertiary alicyclic amines) is 1. The van der Waals surface area contributed by atoms with Crippen molar-refractivity contribution in [1.29, 1.82) is 0 Å². The number of morpholine rings is 1. The molecule has 2 fully saturated rings. The molecule has 130 valence electrons. The number of benzene rings is 1. The van der Waals surface area contributed by atoms with Gasteiger partial charge in [-0.05, 0) is 19.4 Å². The van der Waals surface area contributed by atoms with Crippen molar-refractivity contribution >= 4 is 11.9 Å². The molecule has 1 N–H and O–H groups in total. The van der Waals surface area contributed by atoms with Crippen LogP contribution in [-0.2, 0) is 16.1 Å². The molecule has 0 aromatic heterocycles. The second-order valence-electron chi connectivity index (χ2n) is 6.77. The predicted molar refractivity (Wildman–Crippen MR) is 90.4 cm³/mol. The zero-order chi connectivity index (χ0) is 17.1. The van der Waals surface area contributed by atoms with E-state index in [4.69, 9.17) is 4.74 Å². The van der Waals surface area contributed by atoms with Crippen molar-refractivity contribution in [2.24, 2.45) is 0 Å². The van der Waals surface area contributed by atoms with Gasteiger partial charge in [0.25, 0.3) is 0 Å². The van der Waals surface area contributed by atoms with E-state index in [0.717, 1.165) is 5.56 Å². The quantitative estimate of drug-likeness (QED) is 0.915. The van der Waals surface area contributed by atoms with Crippen LogP contribution in [0.15, 0.2) is 30.3 Å². The number of ether oxygens (including phenoxy) is 1. The summed E-state index contributed by atoms with van der Waals surface area (Å²) in [5, 5.41) is 3.00.